The van der Waals surface area contributed by atoms with Gasteiger partial charge >= 0.3 is 0 Å². The second kappa shape index (κ2) is 5.82. The number of nitrogens with one attached hydrogen (secondary N) is 1. The predicted molar refractivity (Wildman–Crippen MR) is 87.6 cm³/mol. The lowest BCUT2D eigenvalue weighted by atomic mass is 10.2. The number of nitrogen functional groups attached to an aromatic ring is 1. The summed E-state index contributed by atoms with van der Waals surface area (Å²) < 4.78 is 27.4. The van der Waals surface area contributed by atoms with Crippen LogP contribution in [0, 0.1) is 13.8 Å². The Balaban J connectivity index is 2.40. The summed E-state index contributed by atoms with van der Waals surface area (Å²) >= 11 is 7.20. The molecule has 3 N–H and O–H groups in total. The quantitative estimate of drug-likeness (QED) is 0.832. The van der Waals surface area contributed by atoms with Gasteiger partial charge in [-0.15, -0.1) is 11.3 Å². The molecule has 2 aromatic rings. The third kappa shape index (κ3) is 3.30. The molecular weight excluding hydrogens is 330 g/mol. The van der Waals surface area contributed by atoms with Crippen molar-refractivity contribution in [2.24, 2.45) is 0 Å². The van der Waals surface area contributed by atoms with E-state index in [1.165, 1.54) is 23.5 Å². The van der Waals surface area contributed by atoms with E-state index in [2.05, 4.69) is 9.71 Å². The van der Waals surface area contributed by atoms with E-state index in [1.54, 1.807) is 6.92 Å². The first kappa shape index (κ1) is 16.1. The van der Waals surface area contributed by atoms with Crippen molar-refractivity contribution in [3.63, 3.8) is 0 Å². The number of sulfonamides is 1. The number of benzene rings is 1. The Hall–Kier alpha value is -1.31. The van der Waals surface area contributed by atoms with Crippen LogP contribution in [-0.2, 0) is 16.4 Å². The van der Waals surface area contributed by atoms with E-state index in [1.807, 2.05) is 13.8 Å². The summed E-state index contributed by atoms with van der Waals surface area (Å²) in [7, 11) is -3.74. The summed E-state index contributed by atoms with van der Waals surface area (Å²) in [5.41, 5.74) is 7.35. The molecular formula is C13H16ClN3O2S2. The van der Waals surface area contributed by atoms with Crippen LogP contribution in [0.25, 0.3) is 0 Å². The monoisotopic (exact) mass is 345 g/mol. The first-order chi connectivity index (χ1) is 9.74. The van der Waals surface area contributed by atoms with Crippen molar-refractivity contribution < 1.29 is 8.42 Å². The molecule has 0 unspecified atom stereocenters. The number of aryl methyl sites for hydroxylation is 3. The number of anilines is 2. The summed E-state index contributed by atoms with van der Waals surface area (Å²) in [4.78, 5) is 5.39. The van der Waals surface area contributed by atoms with Crippen molar-refractivity contribution in [3.8, 4) is 0 Å². The molecule has 114 valence electrons. The van der Waals surface area contributed by atoms with Crippen LogP contribution in [0.2, 0.25) is 5.02 Å². The van der Waals surface area contributed by atoms with Crippen molar-refractivity contribution in [1.82, 2.24) is 4.98 Å². The second-order valence-electron chi connectivity index (χ2n) is 4.62. The van der Waals surface area contributed by atoms with Crippen LogP contribution in [0.5, 0.6) is 0 Å². The van der Waals surface area contributed by atoms with Gasteiger partial charge in [-0.3, -0.25) is 4.72 Å². The minimum Gasteiger partial charge on any atom is -0.397 e. The molecule has 0 radical (unpaired) electrons. The lowest BCUT2D eigenvalue weighted by molar-refractivity contribution is 0.600. The maximum absolute atomic E-state index is 12.5. The van der Waals surface area contributed by atoms with Crippen LogP contribution in [-0.4, -0.2) is 13.4 Å². The maximum atomic E-state index is 12.5. The number of hydrogen-bond donors (Lipinski definition) is 2. The molecule has 0 bridgehead atoms. The summed E-state index contributed by atoms with van der Waals surface area (Å²) in [6.45, 7) is 5.56. The van der Waals surface area contributed by atoms with Gasteiger partial charge in [-0.05, 0) is 38.0 Å². The third-order valence-electron chi connectivity index (χ3n) is 3.03. The minimum atomic E-state index is -3.74. The van der Waals surface area contributed by atoms with Gasteiger partial charge in [-0.25, -0.2) is 13.4 Å². The molecule has 1 aromatic carbocycles. The van der Waals surface area contributed by atoms with E-state index in [0.29, 0.717) is 15.7 Å². The Labute approximate surface area is 133 Å². The van der Waals surface area contributed by atoms with E-state index >= 15 is 0 Å². The van der Waals surface area contributed by atoms with E-state index in [9.17, 15) is 8.42 Å². The molecule has 0 spiro atoms. The zero-order valence-electron chi connectivity index (χ0n) is 11.9. The van der Waals surface area contributed by atoms with Gasteiger partial charge in [0, 0.05) is 4.88 Å². The topological polar surface area (TPSA) is 85.1 Å². The molecule has 0 aliphatic carbocycles. The van der Waals surface area contributed by atoms with Crippen molar-refractivity contribution in [1.29, 1.82) is 0 Å². The smallest absolute Gasteiger partial charge is 0.264 e. The molecule has 5 nitrogen and oxygen atoms in total. The van der Waals surface area contributed by atoms with Crippen LogP contribution in [0.15, 0.2) is 17.0 Å². The number of rotatable bonds is 4. The molecule has 0 atom stereocenters. The minimum absolute atomic E-state index is 0.107. The number of thiazole rings is 1. The van der Waals surface area contributed by atoms with Crippen molar-refractivity contribution in [2.45, 2.75) is 32.1 Å². The highest BCUT2D eigenvalue weighted by molar-refractivity contribution is 7.93. The fraction of sp³-hybridized carbons (Fsp3) is 0.308. The van der Waals surface area contributed by atoms with Gasteiger partial charge in [0.2, 0.25) is 0 Å². The van der Waals surface area contributed by atoms with Gasteiger partial charge in [0.15, 0.2) is 5.13 Å². The molecule has 1 aromatic heterocycles. The van der Waals surface area contributed by atoms with Crippen molar-refractivity contribution in [3.05, 3.63) is 33.3 Å². The Bertz CT molecular complexity index is 785. The molecule has 0 saturated heterocycles. The van der Waals surface area contributed by atoms with Gasteiger partial charge in [-0.2, -0.15) is 0 Å². The number of hydrogen-bond acceptors (Lipinski definition) is 5. The standard InChI is InChI=1S/C13H16ClN3O2S2/c1-4-11-8(3)20-13(16-11)17-21(18,19)12-6-10(15)9(14)5-7(12)2/h5-6H,4,15H2,1-3H3,(H,16,17). The SMILES string of the molecule is CCc1nc(NS(=O)(=O)c2cc(N)c(Cl)cc2C)sc1C. The van der Waals surface area contributed by atoms with Gasteiger partial charge in [-0.1, -0.05) is 18.5 Å². The predicted octanol–water partition coefficient (Wildman–Crippen LogP) is 3.36. The highest BCUT2D eigenvalue weighted by Crippen LogP contribution is 2.29. The van der Waals surface area contributed by atoms with Crippen LogP contribution in [0.1, 0.15) is 23.1 Å². The van der Waals surface area contributed by atoms with Gasteiger partial charge in [0.05, 0.1) is 21.3 Å². The Kier molecular flexibility index (Phi) is 4.46. The van der Waals surface area contributed by atoms with E-state index < -0.39 is 10.0 Å². The first-order valence-corrected chi connectivity index (χ1v) is 8.97. The number of aromatic nitrogens is 1. The summed E-state index contributed by atoms with van der Waals surface area (Å²) in [5, 5.41) is 0.696. The van der Waals surface area contributed by atoms with Crippen molar-refractivity contribution in [2.75, 3.05) is 10.5 Å². The first-order valence-electron chi connectivity index (χ1n) is 6.29. The Morgan fingerprint density at radius 2 is 2.05 bits per heavy atom. The van der Waals surface area contributed by atoms with E-state index in [4.69, 9.17) is 17.3 Å². The zero-order chi connectivity index (χ0) is 15.8. The number of nitrogens with two attached hydrogens (primary N) is 1. The van der Waals surface area contributed by atoms with Crippen LogP contribution in [0.3, 0.4) is 0 Å². The Morgan fingerprint density at radius 1 is 1.38 bits per heavy atom. The molecule has 0 fully saturated rings. The second-order valence-corrected chi connectivity index (χ2v) is 7.88. The molecule has 1 heterocycles. The highest BCUT2D eigenvalue weighted by Gasteiger charge is 2.20. The molecule has 8 heteroatoms. The average molecular weight is 346 g/mol. The lowest BCUT2D eigenvalue weighted by Crippen LogP contribution is -2.14. The van der Waals surface area contributed by atoms with Crippen LogP contribution in [0.4, 0.5) is 10.8 Å². The molecule has 21 heavy (non-hydrogen) atoms. The van der Waals surface area contributed by atoms with Crippen LogP contribution < -0.4 is 10.5 Å². The third-order valence-corrected chi connectivity index (χ3v) is 5.90. The van der Waals surface area contributed by atoms with E-state index in [-0.39, 0.29) is 10.6 Å². The fourth-order valence-electron chi connectivity index (χ4n) is 1.93. The van der Waals surface area contributed by atoms with Crippen molar-refractivity contribution >= 4 is 43.8 Å². The van der Waals surface area contributed by atoms with Gasteiger partial charge < -0.3 is 5.73 Å². The molecule has 0 aliphatic heterocycles. The summed E-state index contributed by atoms with van der Waals surface area (Å²) in [6.07, 6.45) is 0.761. The zero-order valence-corrected chi connectivity index (χ0v) is 14.3. The fourth-order valence-corrected chi connectivity index (χ4v) is 4.55. The molecule has 0 amide bonds. The largest absolute Gasteiger partial charge is 0.397 e. The molecule has 2 rings (SSSR count). The van der Waals surface area contributed by atoms with Gasteiger partial charge in [0.25, 0.3) is 10.0 Å². The normalized spacial score (nSPS) is 11.6. The van der Waals surface area contributed by atoms with Crippen LogP contribution >= 0.6 is 22.9 Å². The van der Waals surface area contributed by atoms with Gasteiger partial charge in [0.1, 0.15) is 0 Å². The highest BCUT2D eigenvalue weighted by atomic mass is 35.5. The summed E-state index contributed by atoms with van der Waals surface area (Å²) in [6, 6.07) is 2.90. The lowest BCUT2D eigenvalue weighted by Gasteiger charge is -2.10. The molecule has 0 saturated carbocycles. The Morgan fingerprint density at radius 3 is 2.62 bits per heavy atom. The average Bonchev–Trinajstić information content (AvgIpc) is 2.72. The number of halogens is 1. The summed E-state index contributed by atoms with van der Waals surface area (Å²) in [5.74, 6) is 0. The number of nitrogens with zero attached hydrogens (tertiary/aromatic N) is 1. The van der Waals surface area contributed by atoms with E-state index in [0.717, 1.165) is 17.0 Å². The molecule has 0 aliphatic rings. The maximum Gasteiger partial charge on any atom is 0.264 e.